The Morgan fingerprint density at radius 3 is 2.18 bits per heavy atom. The Balaban J connectivity index is 1.97. The first kappa shape index (κ1) is 19.2. The second-order valence-corrected chi connectivity index (χ2v) is 7.91. The summed E-state index contributed by atoms with van der Waals surface area (Å²) in [6.07, 6.45) is 0. The molecule has 28 heavy (non-hydrogen) atoms. The largest absolute Gasteiger partial charge is 0.508 e. The van der Waals surface area contributed by atoms with E-state index in [4.69, 9.17) is 46.4 Å². The predicted octanol–water partition coefficient (Wildman–Crippen LogP) is 7.00. The van der Waals surface area contributed by atoms with E-state index in [9.17, 15) is 10.2 Å². The Bertz CT molecular complexity index is 1130. The molecule has 0 amide bonds. The van der Waals surface area contributed by atoms with Gasteiger partial charge in [0.1, 0.15) is 11.5 Å². The maximum atomic E-state index is 10.4. The van der Waals surface area contributed by atoms with Crippen molar-refractivity contribution in [2.75, 3.05) is 5.32 Å². The summed E-state index contributed by atoms with van der Waals surface area (Å²) >= 11 is 24.6. The highest BCUT2D eigenvalue weighted by molar-refractivity contribution is 6.42. The normalized spacial score (nSPS) is 15.6. The van der Waals surface area contributed by atoms with E-state index in [0.29, 0.717) is 48.3 Å². The number of aromatic hydroxyl groups is 2. The van der Waals surface area contributed by atoms with Crippen LogP contribution in [0.5, 0.6) is 11.5 Å². The van der Waals surface area contributed by atoms with Gasteiger partial charge in [-0.1, -0.05) is 46.4 Å². The van der Waals surface area contributed by atoms with E-state index in [2.05, 4.69) is 10.3 Å². The number of phenolic OH excluding ortho intramolecular Hbond substituents is 2. The molecule has 4 rings (SSSR count). The van der Waals surface area contributed by atoms with E-state index in [-0.39, 0.29) is 11.5 Å². The second kappa shape index (κ2) is 7.37. The van der Waals surface area contributed by atoms with Crippen molar-refractivity contribution < 1.29 is 10.2 Å². The van der Waals surface area contributed by atoms with Gasteiger partial charge in [0.15, 0.2) is 0 Å². The number of nitrogens with one attached hydrogen (secondary N) is 1. The van der Waals surface area contributed by atoms with Crippen LogP contribution in [0.25, 0.3) is 0 Å². The van der Waals surface area contributed by atoms with Crippen molar-refractivity contribution in [3.8, 4) is 11.5 Å². The molecule has 0 fully saturated rings. The van der Waals surface area contributed by atoms with Gasteiger partial charge in [0.25, 0.3) is 0 Å². The molecule has 3 aromatic carbocycles. The van der Waals surface area contributed by atoms with Crippen LogP contribution in [-0.2, 0) is 0 Å². The summed E-state index contributed by atoms with van der Waals surface area (Å²) in [5, 5.41) is 25.8. The fraction of sp³-hybridized carbons (Fsp3) is 0.0500. The molecule has 3 N–H and O–H groups in total. The lowest BCUT2D eigenvalue weighted by Gasteiger charge is -2.29. The van der Waals surface area contributed by atoms with Gasteiger partial charge in [0.05, 0.1) is 33.2 Å². The average Bonchev–Trinajstić information content (AvgIpc) is 2.66. The fourth-order valence-electron chi connectivity index (χ4n) is 3.07. The minimum atomic E-state index is -0.618. The van der Waals surface area contributed by atoms with Crippen LogP contribution < -0.4 is 5.32 Å². The van der Waals surface area contributed by atoms with Gasteiger partial charge in [-0.2, -0.15) is 0 Å². The van der Waals surface area contributed by atoms with Crippen LogP contribution in [0.3, 0.4) is 0 Å². The Labute approximate surface area is 181 Å². The van der Waals surface area contributed by atoms with Crippen molar-refractivity contribution in [1.82, 2.24) is 0 Å². The first-order valence-corrected chi connectivity index (χ1v) is 9.66. The van der Waals surface area contributed by atoms with Crippen molar-refractivity contribution in [1.29, 1.82) is 0 Å². The van der Waals surface area contributed by atoms with Crippen LogP contribution in [-0.4, -0.2) is 15.9 Å². The molecule has 1 heterocycles. The molecule has 0 saturated carbocycles. The number of hydrogen-bond acceptors (Lipinski definition) is 4. The van der Waals surface area contributed by atoms with Crippen molar-refractivity contribution in [2.24, 2.45) is 4.99 Å². The summed E-state index contributed by atoms with van der Waals surface area (Å²) in [5.41, 5.74) is 2.53. The lowest BCUT2D eigenvalue weighted by Crippen LogP contribution is -2.25. The van der Waals surface area contributed by atoms with E-state index in [1.165, 1.54) is 12.1 Å². The molecule has 1 aliphatic heterocycles. The van der Waals surface area contributed by atoms with Crippen LogP contribution >= 0.6 is 46.4 Å². The molecule has 4 nitrogen and oxygen atoms in total. The molecule has 1 atom stereocenters. The zero-order valence-corrected chi connectivity index (χ0v) is 17.1. The third-order valence-corrected chi connectivity index (χ3v) is 5.58. The van der Waals surface area contributed by atoms with Crippen LogP contribution in [0.4, 0.5) is 11.4 Å². The monoisotopic (exact) mass is 452 g/mol. The highest BCUT2D eigenvalue weighted by atomic mass is 35.5. The van der Waals surface area contributed by atoms with Gasteiger partial charge in [0, 0.05) is 21.2 Å². The van der Waals surface area contributed by atoms with Gasteiger partial charge >= 0.3 is 0 Å². The SMILES string of the molecule is Oc1ccc(Cl)cc1C1=Nc2cc(Cl)c(Cl)cc2NC1c1cc(Cl)ccc1O. The molecule has 0 radical (unpaired) electrons. The molecule has 142 valence electrons. The fourth-order valence-corrected chi connectivity index (χ4v) is 3.75. The first-order chi connectivity index (χ1) is 13.3. The number of rotatable bonds is 2. The zero-order chi connectivity index (χ0) is 20.0. The van der Waals surface area contributed by atoms with Gasteiger partial charge in [-0.25, -0.2) is 4.99 Å². The molecular formula is C20H12Cl4N2O2. The third kappa shape index (κ3) is 3.49. The van der Waals surface area contributed by atoms with E-state index in [0.717, 1.165) is 0 Å². The molecule has 3 aromatic rings. The summed E-state index contributed by atoms with van der Waals surface area (Å²) < 4.78 is 0. The minimum absolute atomic E-state index is 0.0000201. The average molecular weight is 454 g/mol. The minimum Gasteiger partial charge on any atom is -0.508 e. The van der Waals surface area contributed by atoms with Crippen LogP contribution in [0.2, 0.25) is 20.1 Å². The van der Waals surface area contributed by atoms with Crippen molar-refractivity contribution in [3.63, 3.8) is 0 Å². The Morgan fingerprint density at radius 1 is 0.786 bits per heavy atom. The summed E-state index contributed by atoms with van der Waals surface area (Å²) in [4.78, 5) is 4.69. The summed E-state index contributed by atoms with van der Waals surface area (Å²) in [6, 6.07) is 12.1. The molecule has 1 unspecified atom stereocenters. The summed E-state index contributed by atoms with van der Waals surface area (Å²) in [5.74, 6) is 0.0274. The third-order valence-electron chi connectivity index (χ3n) is 4.39. The molecule has 0 bridgehead atoms. The molecular weight excluding hydrogens is 442 g/mol. The van der Waals surface area contributed by atoms with Crippen LogP contribution in [0.1, 0.15) is 17.2 Å². The van der Waals surface area contributed by atoms with E-state index in [1.54, 1.807) is 36.4 Å². The van der Waals surface area contributed by atoms with Gasteiger partial charge in [-0.3, -0.25) is 0 Å². The predicted molar refractivity (Wildman–Crippen MR) is 115 cm³/mol. The number of anilines is 1. The highest BCUT2D eigenvalue weighted by Gasteiger charge is 2.30. The Hall–Kier alpha value is -2.11. The number of benzene rings is 3. The second-order valence-electron chi connectivity index (χ2n) is 6.22. The van der Waals surface area contributed by atoms with Crippen LogP contribution in [0, 0.1) is 0 Å². The van der Waals surface area contributed by atoms with E-state index < -0.39 is 6.04 Å². The quantitative estimate of drug-likeness (QED) is 0.391. The van der Waals surface area contributed by atoms with Gasteiger partial charge in [-0.05, 0) is 48.5 Å². The number of hydrogen-bond donors (Lipinski definition) is 3. The van der Waals surface area contributed by atoms with Crippen molar-refractivity contribution in [3.05, 3.63) is 79.7 Å². The van der Waals surface area contributed by atoms with Gasteiger partial charge < -0.3 is 15.5 Å². The summed E-state index contributed by atoms with van der Waals surface area (Å²) in [7, 11) is 0. The maximum absolute atomic E-state index is 10.4. The lowest BCUT2D eigenvalue weighted by molar-refractivity contribution is 0.466. The van der Waals surface area contributed by atoms with Crippen molar-refractivity contribution in [2.45, 2.75) is 6.04 Å². The number of phenols is 2. The van der Waals surface area contributed by atoms with E-state index >= 15 is 0 Å². The number of halogens is 4. The molecule has 0 saturated heterocycles. The Kier molecular flexibility index (Phi) is 5.06. The van der Waals surface area contributed by atoms with Crippen molar-refractivity contribution >= 4 is 63.5 Å². The maximum Gasteiger partial charge on any atom is 0.124 e. The lowest BCUT2D eigenvalue weighted by atomic mass is 9.93. The Morgan fingerprint density at radius 2 is 1.43 bits per heavy atom. The smallest absolute Gasteiger partial charge is 0.124 e. The number of aliphatic imine (C=N–C) groups is 1. The first-order valence-electron chi connectivity index (χ1n) is 8.15. The van der Waals surface area contributed by atoms with E-state index in [1.807, 2.05) is 0 Å². The molecule has 0 aromatic heterocycles. The molecule has 8 heteroatoms. The topological polar surface area (TPSA) is 64.9 Å². The van der Waals surface area contributed by atoms with Gasteiger partial charge in [0.2, 0.25) is 0 Å². The summed E-state index contributed by atoms with van der Waals surface area (Å²) in [6.45, 7) is 0. The molecule has 1 aliphatic rings. The number of fused-ring (bicyclic) bond motifs is 1. The standard InChI is InChI=1S/C20H12Cl4N2O2/c21-9-1-3-17(27)11(5-9)19-20(12-6-10(22)2-4-18(12)28)26-16-8-14(24)13(23)7-15(16)25-19/h1-8,19,25,27-28H. The van der Waals surface area contributed by atoms with Crippen LogP contribution in [0.15, 0.2) is 53.5 Å². The zero-order valence-electron chi connectivity index (χ0n) is 14.0. The number of nitrogens with zero attached hydrogens (tertiary/aromatic N) is 1. The highest BCUT2D eigenvalue weighted by Crippen LogP contribution is 2.44. The van der Waals surface area contributed by atoms with Gasteiger partial charge in [-0.15, -0.1) is 0 Å². The molecule has 0 aliphatic carbocycles. The molecule has 0 spiro atoms.